The van der Waals surface area contributed by atoms with Crippen molar-refractivity contribution in [1.29, 1.82) is 0 Å². The summed E-state index contributed by atoms with van der Waals surface area (Å²) in [6, 6.07) is 0. The summed E-state index contributed by atoms with van der Waals surface area (Å²) in [5.41, 5.74) is 0. The molecule has 0 aliphatic carbocycles. The summed E-state index contributed by atoms with van der Waals surface area (Å²) < 4.78 is 26.0. The highest BCUT2D eigenvalue weighted by atomic mass is 28.4. The van der Waals surface area contributed by atoms with Gasteiger partial charge in [-0.3, -0.25) is 4.79 Å². The minimum atomic E-state index is -2.07. The first-order valence-electron chi connectivity index (χ1n) is 11.6. The summed E-state index contributed by atoms with van der Waals surface area (Å²) in [5, 5.41) is 9.17. The second-order valence-corrected chi connectivity index (χ2v) is 21.7. The van der Waals surface area contributed by atoms with Gasteiger partial charge in [-0.25, -0.2) is 0 Å². The van der Waals surface area contributed by atoms with Crippen LogP contribution in [0.1, 0.15) is 74.7 Å². The summed E-state index contributed by atoms with van der Waals surface area (Å²) in [5.74, 6) is -0.815. The van der Waals surface area contributed by atoms with Crippen LogP contribution in [0.5, 0.6) is 0 Å². The van der Waals surface area contributed by atoms with Crippen molar-refractivity contribution in [3.63, 3.8) is 0 Å². The monoisotopic (exact) mass is 476 g/mol. The molecule has 1 aliphatic heterocycles. The first kappa shape index (κ1) is 28.8. The Labute approximate surface area is 192 Å². The molecule has 8 heteroatoms. The van der Waals surface area contributed by atoms with Gasteiger partial charge in [0.25, 0.3) is 0 Å². The Balaban J connectivity index is 3.06. The largest absolute Gasteiger partial charge is 0.481 e. The van der Waals surface area contributed by atoms with Gasteiger partial charge in [-0.2, -0.15) is 0 Å². The molecule has 1 aliphatic rings. The molecule has 1 rings (SSSR count). The van der Waals surface area contributed by atoms with Crippen molar-refractivity contribution >= 4 is 22.6 Å². The van der Waals surface area contributed by atoms with E-state index < -0.39 is 28.9 Å². The van der Waals surface area contributed by atoms with E-state index in [-0.39, 0.29) is 40.9 Å². The fraction of sp³-hybridized carbons (Fsp3) is 0.957. The lowest BCUT2D eigenvalue weighted by Crippen LogP contribution is -2.57. The van der Waals surface area contributed by atoms with Gasteiger partial charge in [0, 0.05) is 12.8 Å². The number of ether oxygens (including phenoxy) is 2. The fourth-order valence-corrected chi connectivity index (χ4v) is 5.74. The molecule has 1 fully saturated rings. The number of carboxylic acid groups (broad SMARTS) is 1. The van der Waals surface area contributed by atoms with E-state index in [0.29, 0.717) is 6.42 Å². The van der Waals surface area contributed by atoms with Crippen LogP contribution in [0.3, 0.4) is 0 Å². The van der Waals surface area contributed by atoms with E-state index in [4.69, 9.17) is 23.4 Å². The van der Waals surface area contributed by atoms with Gasteiger partial charge in [0.05, 0.1) is 24.4 Å². The van der Waals surface area contributed by atoms with Gasteiger partial charge in [-0.1, -0.05) is 41.5 Å². The molecule has 0 spiro atoms. The van der Waals surface area contributed by atoms with E-state index in [0.717, 1.165) is 6.42 Å². The third-order valence-electron chi connectivity index (χ3n) is 7.28. The number of hydrogen-bond donors (Lipinski definition) is 1. The number of aliphatic carboxylic acids is 1. The molecule has 0 aromatic heterocycles. The fourth-order valence-electron chi connectivity index (χ4n) is 3.02. The maximum Gasteiger partial charge on any atom is 0.303 e. The van der Waals surface area contributed by atoms with Crippen molar-refractivity contribution < 1.29 is 28.2 Å². The highest BCUT2D eigenvalue weighted by Gasteiger charge is 2.48. The molecule has 0 saturated carbocycles. The highest BCUT2D eigenvalue weighted by molar-refractivity contribution is 6.74. The first-order chi connectivity index (χ1) is 13.8. The molecular weight excluding hydrogens is 428 g/mol. The molecule has 1 N–H and O–H groups in total. The Morgan fingerprint density at radius 2 is 1.45 bits per heavy atom. The molecule has 0 radical (unpaired) electrons. The average Bonchev–Trinajstić information content (AvgIpc) is 2.54. The summed E-state index contributed by atoms with van der Waals surface area (Å²) in [6.45, 7) is 26.3. The lowest BCUT2D eigenvalue weighted by atomic mass is 10.0. The van der Waals surface area contributed by atoms with Crippen molar-refractivity contribution in [2.75, 3.05) is 0 Å². The normalized spacial score (nSPS) is 27.2. The van der Waals surface area contributed by atoms with Gasteiger partial charge in [0.2, 0.25) is 0 Å². The lowest BCUT2D eigenvalue weighted by Gasteiger charge is -2.48. The predicted molar refractivity (Wildman–Crippen MR) is 131 cm³/mol. The molecule has 0 unspecified atom stereocenters. The van der Waals surface area contributed by atoms with E-state index >= 15 is 0 Å². The van der Waals surface area contributed by atoms with Crippen LogP contribution >= 0.6 is 0 Å². The van der Waals surface area contributed by atoms with E-state index in [1.165, 1.54) is 0 Å². The van der Waals surface area contributed by atoms with Gasteiger partial charge in [-0.05, 0) is 56.5 Å². The van der Waals surface area contributed by atoms with E-state index in [1.807, 2.05) is 13.8 Å². The SMILES string of the molecule is C[C@H](CCC(=O)O)O[C@@H]1O[C@@H](C)[C@@H](O[Si](C)(C)C(C)(C)C)C[C@H]1O[Si](C)(C)C(C)(C)C. The van der Waals surface area contributed by atoms with Crippen LogP contribution in [0.25, 0.3) is 0 Å². The van der Waals surface area contributed by atoms with Crippen LogP contribution in [0.15, 0.2) is 0 Å². The summed E-state index contributed by atoms with van der Waals surface area (Å²) >= 11 is 0. The molecule has 5 atom stereocenters. The quantitative estimate of drug-likeness (QED) is 0.401. The number of carbonyl (C=O) groups is 1. The van der Waals surface area contributed by atoms with Gasteiger partial charge in [0.1, 0.15) is 0 Å². The van der Waals surface area contributed by atoms with Gasteiger partial charge < -0.3 is 23.4 Å². The zero-order chi connectivity index (χ0) is 24.4. The zero-order valence-corrected chi connectivity index (χ0v) is 24.0. The van der Waals surface area contributed by atoms with Gasteiger partial charge in [-0.15, -0.1) is 0 Å². The molecular formula is C23H48O6Si2. The topological polar surface area (TPSA) is 74.2 Å². The molecule has 6 nitrogen and oxygen atoms in total. The number of rotatable bonds is 9. The van der Waals surface area contributed by atoms with Crippen molar-refractivity contribution in [2.45, 2.75) is 142 Å². The predicted octanol–water partition coefficient (Wildman–Crippen LogP) is 6.17. The summed E-state index contributed by atoms with van der Waals surface area (Å²) in [7, 11) is -4.04. The second kappa shape index (κ2) is 10.3. The smallest absolute Gasteiger partial charge is 0.303 e. The highest BCUT2D eigenvalue weighted by Crippen LogP contribution is 2.42. The Hall–Kier alpha value is -0.256. The Bertz CT molecular complexity index is 594. The molecule has 1 heterocycles. The maximum absolute atomic E-state index is 10.9. The molecule has 0 amide bonds. The molecule has 0 aromatic carbocycles. The maximum atomic E-state index is 10.9. The Morgan fingerprint density at radius 1 is 1.00 bits per heavy atom. The molecule has 1 saturated heterocycles. The van der Waals surface area contributed by atoms with Crippen LogP contribution < -0.4 is 0 Å². The standard InChI is InChI=1S/C23H48O6Si2/c1-16(13-14-20(24)25)26-21-19(29-31(11,12)23(6,7)8)15-18(17(2)27-21)28-30(9,10)22(3,4)5/h16-19,21H,13-15H2,1-12H3,(H,24,25)/t16-,17+,18+,19-,21-/m1/s1. The van der Waals surface area contributed by atoms with Crippen molar-refractivity contribution in [1.82, 2.24) is 0 Å². The average molecular weight is 477 g/mol. The summed E-state index contributed by atoms with van der Waals surface area (Å²) in [4.78, 5) is 10.9. The third-order valence-corrected chi connectivity index (χ3v) is 16.3. The van der Waals surface area contributed by atoms with Crippen molar-refractivity contribution in [3.8, 4) is 0 Å². The third kappa shape index (κ3) is 8.23. The van der Waals surface area contributed by atoms with Gasteiger partial charge in [0.15, 0.2) is 22.9 Å². The molecule has 0 bridgehead atoms. The van der Waals surface area contributed by atoms with E-state index in [1.54, 1.807) is 0 Å². The zero-order valence-electron chi connectivity index (χ0n) is 22.0. The van der Waals surface area contributed by atoms with E-state index in [2.05, 4.69) is 67.7 Å². The van der Waals surface area contributed by atoms with Crippen molar-refractivity contribution in [2.24, 2.45) is 0 Å². The number of hydrogen-bond acceptors (Lipinski definition) is 5. The Kier molecular flexibility index (Phi) is 9.60. The Morgan fingerprint density at radius 3 is 1.87 bits per heavy atom. The van der Waals surface area contributed by atoms with Crippen LogP contribution in [0, 0.1) is 0 Å². The molecule has 184 valence electrons. The first-order valence-corrected chi connectivity index (χ1v) is 17.5. The molecule has 31 heavy (non-hydrogen) atoms. The van der Waals surface area contributed by atoms with Crippen LogP contribution in [-0.2, 0) is 23.1 Å². The van der Waals surface area contributed by atoms with Crippen LogP contribution in [0.2, 0.25) is 36.3 Å². The van der Waals surface area contributed by atoms with Crippen molar-refractivity contribution in [3.05, 3.63) is 0 Å². The minimum Gasteiger partial charge on any atom is -0.481 e. The number of carboxylic acids is 1. The summed E-state index contributed by atoms with van der Waals surface area (Å²) in [6.07, 6.45) is 0.0864. The lowest BCUT2D eigenvalue weighted by molar-refractivity contribution is -0.268. The minimum absolute atomic E-state index is 0.0511. The van der Waals surface area contributed by atoms with Crippen LogP contribution in [-0.4, -0.2) is 58.4 Å². The van der Waals surface area contributed by atoms with Gasteiger partial charge >= 0.3 is 5.97 Å². The second-order valence-electron chi connectivity index (χ2n) is 12.2. The van der Waals surface area contributed by atoms with Crippen LogP contribution in [0.4, 0.5) is 0 Å². The van der Waals surface area contributed by atoms with E-state index in [9.17, 15) is 4.79 Å². The molecule has 0 aromatic rings.